The minimum absolute atomic E-state index is 0.319. The van der Waals surface area contributed by atoms with Crippen molar-refractivity contribution in [3.63, 3.8) is 0 Å². The highest BCUT2D eigenvalue weighted by molar-refractivity contribution is 5.94. The number of carbonyl (C=O) groups excluding carboxylic acids is 1. The third kappa shape index (κ3) is 2.02. The third-order valence-electron chi connectivity index (χ3n) is 1.86. The van der Waals surface area contributed by atoms with Gasteiger partial charge in [-0.15, -0.1) is 0 Å². The molecule has 0 radical (unpaired) electrons. The van der Waals surface area contributed by atoms with Gasteiger partial charge in [-0.2, -0.15) is 0 Å². The monoisotopic (exact) mass is 233 g/mol. The summed E-state index contributed by atoms with van der Waals surface area (Å²) in [6.45, 7) is 0. The van der Waals surface area contributed by atoms with E-state index in [1.54, 1.807) is 0 Å². The van der Waals surface area contributed by atoms with Crippen LogP contribution < -0.4 is 4.74 Å². The van der Waals surface area contributed by atoms with Crippen LogP contribution in [-0.4, -0.2) is 30.3 Å². The second-order valence-electron chi connectivity index (χ2n) is 2.73. The molecule has 0 atom stereocenters. The Kier molecular flexibility index (Phi) is 3.60. The summed E-state index contributed by atoms with van der Waals surface area (Å²) in [4.78, 5) is 14.8. The smallest absolute Gasteiger partial charge is 0.344 e. The normalized spacial score (nSPS) is 10.3. The maximum absolute atomic E-state index is 12.7. The predicted molar refractivity (Wildman–Crippen MR) is 48.8 cm³/mol. The van der Waals surface area contributed by atoms with Gasteiger partial charge in [0.2, 0.25) is 5.88 Å². The summed E-state index contributed by atoms with van der Waals surface area (Å²) < 4.78 is 34.3. The minimum atomic E-state index is -3.04. The largest absolute Gasteiger partial charge is 0.506 e. The van der Waals surface area contributed by atoms with Gasteiger partial charge in [-0.1, -0.05) is 0 Å². The van der Waals surface area contributed by atoms with E-state index in [0.29, 0.717) is 0 Å². The molecule has 88 valence electrons. The molecule has 0 fully saturated rings. The summed E-state index contributed by atoms with van der Waals surface area (Å²) in [5, 5.41) is 9.22. The number of hydrogen-bond acceptors (Lipinski definition) is 5. The van der Waals surface area contributed by atoms with Crippen molar-refractivity contribution in [1.29, 1.82) is 0 Å². The minimum Gasteiger partial charge on any atom is -0.506 e. The van der Waals surface area contributed by atoms with Crippen LogP contribution in [0.2, 0.25) is 0 Å². The van der Waals surface area contributed by atoms with E-state index in [0.717, 1.165) is 13.3 Å². The Morgan fingerprint density at radius 2 is 2.12 bits per heavy atom. The molecule has 0 amide bonds. The fraction of sp³-hybridized carbons (Fsp3) is 0.333. The first-order valence-corrected chi connectivity index (χ1v) is 4.15. The van der Waals surface area contributed by atoms with Crippen molar-refractivity contribution in [2.75, 3.05) is 14.2 Å². The summed E-state index contributed by atoms with van der Waals surface area (Å²) in [7, 11) is 2.20. The fourth-order valence-corrected chi connectivity index (χ4v) is 1.17. The molecule has 0 unspecified atom stereocenters. The highest BCUT2D eigenvalue weighted by Gasteiger charge is 2.28. The summed E-state index contributed by atoms with van der Waals surface area (Å²) >= 11 is 0. The Labute approximate surface area is 89.6 Å². The van der Waals surface area contributed by atoms with E-state index in [2.05, 4.69) is 14.5 Å². The highest BCUT2D eigenvalue weighted by Crippen LogP contribution is 2.35. The molecular weight excluding hydrogens is 224 g/mol. The average Bonchev–Trinajstić information content (AvgIpc) is 2.27. The van der Waals surface area contributed by atoms with Crippen molar-refractivity contribution in [2.45, 2.75) is 6.43 Å². The van der Waals surface area contributed by atoms with Crippen molar-refractivity contribution in [3.05, 3.63) is 17.3 Å². The van der Waals surface area contributed by atoms with Gasteiger partial charge in [0, 0.05) is 0 Å². The molecule has 0 spiro atoms. The van der Waals surface area contributed by atoms with Crippen LogP contribution in [-0.2, 0) is 4.74 Å². The maximum Gasteiger partial charge on any atom is 0.344 e. The van der Waals surface area contributed by atoms with Gasteiger partial charge >= 0.3 is 5.97 Å². The second kappa shape index (κ2) is 4.73. The number of esters is 1. The SMILES string of the molecule is COC(=O)c1c(OC)ncc(O)c1C(F)F. The number of aromatic nitrogens is 1. The molecule has 7 heteroatoms. The van der Waals surface area contributed by atoms with E-state index in [-0.39, 0.29) is 5.88 Å². The number of carbonyl (C=O) groups is 1. The Hall–Kier alpha value is -1.92. The number of aromatic hydroxyl groups is 1. The quantitative estimate of drug-likeness (QED) is 0.801. The van der Waals surface area contributed by atoms with Gasteiger partial charge < -0.3 is 14.6 Å². The van der Waals surface area contributed by atoms with Crippen LogP contribution in [0.15, 0.2) is 6.20 Å². The Bertz CT molecular complexity index is 409. The molecule has 1 aromatic rings. The maximum atomic E-state index is 12.7. The van der Waals surface area contributed by atoms with Crippen molar-refractivity contribution in [2.24, 2.45) is 0 Å². The van der Waals surface area contributed by atoms with Gasteiger partial charge in [-0.3, -0.25) is 0 Å². The lowest BCUT2D eigenvalue weighted by Gasteiger charge is -2.11. The molecule has 0 aliphatic carbocycles. The summed E-state index contributed by atoms with van der Waals surface area (Å²) in [6, 6.07) is 0. The zero-order valence-electron chi connectivity index (χ0n) is 8.53. The van der Waals surface area contributed by atoms with Gasteiger partial charge in [-0.05, 0) is 0 Å². The number of nitrogens with zero attached hydrogens (tertiary/aromatic N) is 1. The Morgan fingerprint density at radius 1 is 1.50 bits per heavy atom. The molecule has 0 bridgehead atoms. The molecule has 5 nitrogen and oxygen atoms in total. The molecule has 1 N–H and O–H groups in total. The number of pyridine rings is 1. The average molecular weight is 233 g/mol. The first-order chi connectivity index (χ1) is 7.52. The lowest BCUT2D eigenvalue weighted by Crippen LogP contribution is -2.10. The van der Waals surface area contributed by atoms with Crippen LogP contribution in [0.25, 0.3) is 0 Å². The zero-order chi connectivity index (χ0) is 12.3. The molecule has 0 aromatic carbocycles. The van der Waals surface area contributed by atoms with Crippen LogP contribution >= 0.6 is 0 Å². The fourth-order valence-electron chi connectivity index (χ4n) is 1.17. The second-order valence-corrected chi connectivity index (χ2v) is 2.73. The highest BCUT2D eigenvalue weighted by atomic mass is 19.3. The van der Waals surface area contributed by atoms with Crippen molar-refractivity contribution < 1.29 is 28.2 Å². The number of rotatable bonds is 3. The summed E-state index contributed by atoms with van der Waals surface area (Å²) in [5.74, 6) is -2.15. The topological polar surface area (TPSA) is 68.7 Å². The van der Waals surface area contributed by atoms with Gasteiger partial charge in [-0.25, -0.2) is 18.6 Å². The predicted octanol–water partition coefficient (Wildman–Crippen LogP) is 1.52. The van der Waals surface area contributed by atoms with Gasteiger partial charge in [0.1, 0.15) is 11.3 Å². The molecular formula is C9H9F2NO4. The van der Waals surface area contributed by atoms with E-state index in [1.807, 2.05) is 0 Å². The van der Waals surface area contributed by atoms with E-state index < -0.39 is 29.3 Å². The molecule has 16 heavy (non-hydrogen) atoms. The molecule has 0 aliphatic heterocycles. The summed E-state index contributed by atoms with van der Waals surface area (Å²) in [5.41, 5.74) is -1.42. The van der Waals surface area contributed by atoms with Crippen molar-refractivity contribution in [3.8, 4) is 11.6 Å². The first-order valence-electron chi connectivity index (χ1n) is 4.15. The number of hydrogen-bond donors (Lipinski definition) is 1. The van der Waals surface area contributed by atoms with Gasteiger partial charge in [0.25, 0.3) is 6.43 Å². The van der Waals surface area contributed by atoms with Crippen molar-refractivity contribution >= 4 is 5.97 Å². The van der Waals surface area contributed by atoms with E-state index in [4.69, 9.17) is 0 Å². The number of ether oxygens (including phenoxy) is 2. The number of halogens is 2. The molecule has 0 saturated carbocycles. The Morgan fingerprint density at radius 3 is 2.56 bits per heavy atom. The van der Waals surface area contributed by atoms with E-state index in [9.17, 15) is 18.7 Å². The molecule has 1 rings (SSSR count). The van der Waals surface area contributed by atoms with Crippen LogP contribution in [0, 0.1) is 0 Å². The number of methoxy groups -OCH3 is 2. The van der Waals surface area contributed by atoms with Crippen molar-refractivity contribution in [1.82, 2.24) is 4.98 Å². The lowest BCUT2D eigenvalue weighted by atomic mass is 10.1. The van der Waals surface area contributed by atoms with Crippen LogP contribution in [0.4, 0.5) is 8.78 Å². The van der Waals surface area contributed by atoms with E-state index in [1.165, 1.54) is 7.11 Å². The van der Waals surface area contributed by atoms with Gasteiger partial charge in [0.15, 0.2) is 0 Å². The Balaban J connectivity index is 3.48. The lowest BCUT2D eigenvalue weighted by molar-refractivity contribution is 0.0582. The van der Waals surface area contributed by atoms with Crippen LogP contribution in [0.3, 0.4) is 0 Å². The number of alkyl halides is 2. The van der Waals surface area contributed by atoms with Crippen LogP contribution in [0.1, 0.15) is 22.3 Å². The van der Waals surface area contributed by atoms with Gasteiger partial charge in [0.05, 0.1) is 26.0 Å². The first kappa shape index (κ1) is 12.2. The molecule has 1 aromatic heterocycles. The van der Waals surface area contributed by atoms with Crippen LogP contribution in [0.5, 0.6) is 11.6 Å². The zero-order valence-corrected chi connectivity index (χ0v) is 8.53. The standard InChI is InChI=1S/C9H9F2NO4/c1-15-8-6(9(14)16-2)5(7(10)11)4(13)3-12-8/h3,7,13H,1-2H3. The summed E-state index contributed by atoms with van der Waals surface area (Å²) in [6.07, 6.45) is -2.25. The molecule has 1 heterocycles. The third-order valence-corrected chi connectivity index (χ3v) is 1.86. The van der Waals surface area contributed by atoms with E-state index >= 15 is 0 Å². The molecule has 0 aliphatic rings. The molecule has 0 saturated heterocycles.